The summed E-state index contributed by atoms with van der Waals surface area (Å²) in [5, 5.41) is 24.9. The zero-order valence-corrected chi connectivity index (χ0v) is 6.84. The van der Waals surface area contributed by atoms with Crippen LogP contribution in [-0.2, 0) is 0 Å². The summed E-state index contributed by atoms with van der Waals surface area (Å²) in [5.74, 6) is -0.410. The van der Waals surface area contributed by atoms with Crippen molar-refractivity contribution >= 4 is 23.2 Å². The van der Waals surface area contributed by atoms with Gasteiger partial charge in [-0.1, -0.05) is 23.2 Å². The standard InChI is InChI=1S/C6H6Cl2O3/c7-4-2-1-3(9)5(10)6(4,8)11/h1-2,5,9-11H. The highest BCUT2D eigenvalue weighted by Gasteiger charge is 2.41. The van der Waals surface area contributed by atoms with Gasteiger partial charge in [0, 0.05) is 0 Å². The Bertz CT molecular complexity index is 232. The lowest BCUT2D eigenvalue weighted by Gasteiger charge is -2.27. The van der Waals surface area contributed by atoms with Crippen LogP contribution >= 0.6 is 23.2 Å². The SMILES string of the molecule is OC1=CC=C(Cl)C(O)(Cl)C1O. The Morgan fingerprint density at radius 3 is 2.45 bits per heavy atom. The van der Waals surface area contributed by atoms with Crippen LogP contribution in [0.3, 0.4) is 0 Å². The van der Waals surface area contributed by atoms with E-state index in [9.17, 15) is 5.11 Å². The van der Waals surface area contributed by atoms with E-state index in [-0.39, 0.29) is 5.03 Å². The Balaban J connectivity index is 3.03. The number of hydrogen-bond acceptors (Lipinski definition) is 3. The molecule has 1 aliphatic carbocycles. The Morgan fingerprint density at radius 1 is 1.45 bits per heavy atom. The quantitative estimate of drug-likeness (QED) is 0.504. The maximum atomic E-state index is 9.20. The van der Waals surface area contributed by atoms with E-state index in [0.29, 0.717) is 0 Å². The van der Waals surface area contributed by atoms with Gasteiger partial charge in [-0.05, 0) is 12.2 Å². The number of aliphatic hydroxyl groups excluding tert-OH is 2. The lowest BCUT2D eigenvalue weighted by molar-refractivity contribution is 0.0130. The molecule has 11 heavy (non-hydrogen) atoms. The van der Waals surface area contributed by atoms with Crippen molar-refractivity contribution in [1.82, 2.24) is 0 Å². The van der Waals surface area contributed by atoms with Gasteiger partial charge in [-0.3, -0.25) is 0 Å². The van der Waals surface area contributed by atoms with Crippen molar-refractivity contribution in [3.63, 3.8) is 0 Å². The zero-order valence-electron chi connectivity index (χ0n) is 5.33. The maximum absolute atomic E-state index is 9.20. The van der Waals surface area contributed by atoms with Crippen molar-refractivity contribution < 1.29 is 15.3 Å². The summed E-state index contributed by atoms with van der Waals surface area (Å²) in [7, 11) is 0. The molecule has 2 atom stereocenters. The van der Waals surface area contributed by atoms with Crippen molar-refractivity contribution in [2.75, 3.05) is 0 Å². The first kappa shape index (κ1) is 8.87. The number of allylic oxidation sites excluding steroid dienone is 2. The molecule has 0 aromatic heterocycles. The van der Waals surface area contributed by atoms with Crippen molar-refractivity contribution in [2.45, 2.75) is 11.2 Å². The molecule has 0 spiro atoms. The Hall–Kier alpha value is -0.220. The van der Waals surface area contributed by atoms with E-state index < -0.39 is 16.9 Å². The minimum absolute atomic E-state index is 0.121. The van der Waals surface area contributed by atoms with Crippen molar-refractivity contribution in [2.24, 2.45) is 0 Å². The zero-order chi connectivity index (χ0) is 8.65. The molecule has 0 saturated heterocycles. The van der Waals surface area contributed by atoms with Crippen LogP contribution in [0.25, 0.3) is 0 Å². The first-order valence-corrected chi connectivity index (χ1v) is 3.58. The number of halogens is 2. The van der Waals surface area contributed by atoms with Crippen LogP contribution in [0, 0.1) is 0 Å². The largest absolute Gasteiger partial charge is 0.509 e. The lowest BCUT2D eigenvalue weighted by Crippen LogP contribution is -2.40. The highest BCUT2D eigenvalue weighted by Crippen LogP contribution is 2.34. The van der Waals surface area contributed by atoms with Gasteiger partial charge in [-0.15, -0.1) is 0 Å². The molecule has 0 aliphatic heterocycles. The fraction of sp³-hybridized carbons (Fsp3) is 0.333. The molecule has 0 radical (unpaired) electrons. The first-order valence-electron chi connectivity index (χ1n) is 2.82. The van der Waals surface area contributed by atoms with E-state index >= 15 is 0 Å². The van der Waals surface area contributed by atoms with Crippen LogP contribution in [0.15, 0.2) is 22.9 Å². The van der Waals surface area contributed by atoms with Gasteiger partial charge < -0.3 is 15.3 Å². The highest BCUT2D eigenvalue weighted by molar-refractivity contribution is 6.39. The Labute approximate surface area is 73.2 Å². The normalized spacial score (nSPS) is 38.0. The van der Waals surface area contributed by atoms with Crippen LogP contribution in [-0.4, -0.2) is 26.5 Å². The van der Waals surface area contributed by atoms with Crippen LogP contribution < -0.4 is 0 Å². The summed E-state index contributed by atoms with van der Waals surface area (Å²) >= 11 is 10.8. The molecule has 0 aromatic carbocycles. The van der Waals surface area contributed by atoms with Crippen molar-refractivity contribution in [3.8, 4) is 0 Å². The fourth-order valence-electron chi connectivity index (χ4n) is 0.693. The second kappa shape index (κ2) is 2.68. The monoisotopic (exact) mass is 196 g/mol. The predicted octanol–water partition coefficient (Wildman–Crippen LogP) is 0.853. The number of rotatable bonds is 0. The fourth-order valence-corrected chi connectivity index (χ4v) is 1.03. The molecule has 3 N–H and O–H groups in total. The molecule has 5 heteroatoms. The van der Waals surface area contributed by atoms with Crippen LogP contribution in [0.5, 0.6) is 0 Å². The third-order valence-corrected chi connectivity index (χ3v) is 2.30. The molecule has 2 unspecified atom stereocenters. The van der Waals surface area contributed by atoms with Crippen LogP contribution in [0.2, 0.25) is 0 Å². The van der Waals surface area contributed by atoms with E-state index in [2.05, 4.69) is 0 Å². The van der Waals surface area contributed by atoms with Gasteiger partial charge in [-0.2, -0.15) is 0 Å². The second-order valence-corrected chi connectivity index (χ2v) is 3.17. The third-order valence-electron chi connectivity index (χ3n) is 1.38. The van der Waals surface area contributed by atoms with Gasteiger partial charge in [0.2, 0.25) is 5.06 Å². The van der Waals surface area contributed by atoms with Gasteiger partial charge in [0.1, 0.15) is 5.76 Å². The molecule has 0 heterocycles. The van der Waals surface area contributed by atoms with E-state index in [1.54, 1.807) is 0 Å². The molecule has 0 aromatic rings. The summed E-state index contributed by atoms with van der Waals surface area (Å²) in [6, 6.07) is 0. The highest BCUT2D eigenvalue weighted by atomic mass is 35.5. The number of hydrogen-bond donors (Lipinski definition) is 3. The third kappa shape index (κ3) is 1.37. The topological polar surface area (TPSA) is 60.7 Å². The van der Waals surface area contributed by atoms with Gasteiger partial charge in [0.15, 0.2) is 6.10 Å². The summed E-state index contributed by atoms with van der Waals surface area (Å²) < 4.78 is 0. The van der Waals surface area contributed by atoms with Gasteiger partial charge >= 0.3 is 0 Å². The molecule has 3 nitrogen and oxygen atoms in total. The Kier molecular flexibility index (Phi) is 2.16. The Morgan fingerprint density at radius 2 is 2.00 bits per heavy atom. The average molecular weight is 197 g/mol. The van der Waals surface area contributed by atoms with Crippen molar-refractivity contribution in [1.29, 1.82) is 0 Å². The van der Waals surface area contributed by atoms with E-state index in [1.807, 2.05) is 0 Å². The lowest BCUT2D eigenvalue weighted by atomic mass is 10.1. The predicted molar refractivity (Wildman–Crippen MR) is 41.5 cm³/mol. The smallest absolute Gasteiger partial charge is 0.208 e. The molecule has 62 valence electrons. The molecule has 0 fully saturated rings. The van der Waals surface area contributed by atoms with Crippen LogP contribution in [0.1, 0.15) is 0 Å². The molecule has 0 amide bonds. The minimum atomic E-state index is -2.10. The van der Waals surface area contributed by atoms with Crippen molar-refractivity contribution in [3.05, 3.63) is 22.9 Å². The summed E-state index contributed by atoms with van der Waals surface area (Å²) in [4.78, 5) is 0. The van der Waals surface area contributed by atoms with E-state index in [0.717, 1.165) is 0 Å². The number of aliphatic hydroxyl groups is 3. The summed E-state index contributed by atoms with van der Waals surface area (Å²) in [5.41, 5.74) is 0. The van der Waals surface area contributed by atoms with Gasteiger partial charge in [-0.25, -0.2) is 0 Å². The molecule has 1 aliphatic rings. The first-order chi connectivity index (χ1) is 4.96. The van der Waals surface area contributed by atoms with E-state index in [1.165, 1.54) is 12.2 Å². The minimum Gasteiger partial charge on any atom is -0.509 e. The molecular formula is C6H6Cl2O3. The van der Waals surface area contributed by atoms with E-state index in [4.69, 9.17) is 33.4 Å². The maximum Gasteiger partial charge on any atom is 0.208 e. The average Bonchev–Trinajstić information content (AvgIpc) is 1.95. The molecule has 0 saturated carbocycles. The molecular weight excluding hydrogens is 191 g/mol. The summed E-state index contributed by atoms with van der Waals surface area (Å²) in [6.45, 7) is 0. The van der Waals surface area contributed by atoms with Gasteiger partial charge in [0.25, 0.3) is 0 Å². The molecule has 0 bridgehead atoms. The summed E-state index contributed by atoms with van der Waals surface area (Å²) in [6.07, 6.45) is 0.821. The van der Waals surface area contributed by atoms with Crippen LogP contribution in [0.4, 0.5) is 0 Å². The number of alkyl halides is 1. The second-order valence-electron chi connectivity index (χ2n) is 2.18. The van der Waals surface area contributed by atoms with Gasteiger partial charge in [0.05, 0.1) is 5.03 Å². The molecule has 1 rings (SSSR count).